The minimum Gasteiger partial charge on any atom is -0.489 e. The zero-order chi connectivity index (χ0) is 14.6. The Balaban J connectivity index is 2.11. The molecule has 2 unspecified atom stereocenters. The Morgan fingerprint density at radius 1 is 1.25 bits per heavy atom. The monoisotopic (exact) mass is 275 g/mol. The van der Waals surface area contributed by atoms with Gasteiger partial charge in [-0.25, -0.2) is 0 Å². The van der Waals surface area contributed by atoms with Crippen molar-refractivity contribution in [2.24, 2.45) is 5.41 Å². The molecule has 1 N–H and O–H groups in total. The summed E-state index contributed by atoms with van der Waals surface area (Å²) in [6, 6.07) is 8.90. The molecular weight excluding hydrogens is 246 g/mol. The summed E-state index contributed by atoms with van der Waals surface area (Å²) in [5.74, 6) is 1.07. The van der Waals surface area contributed by atoms with Crippen molar-refractivity contribution in [2.75, 3.05) is 6.54 Å². The van der Waals surface area contributed by atoms with Crippen LogP contribution >= 0.6 is 0 Å². The highest BCUT2D eigenvalue weighted by molar-refractivity contribution is 5.33. The fourth-order valence-electron chi connectivity index (χ4n) is 3.25. The lowest BCUT2D eigenvalue weighted by molar-refractivity contribution is 0.139. The predicted molar refractivity (Wildman–Crippen MR) is 85.3 cm³/mol. The lowest BCUT2D eigenvalue weighted by atomic mass is 9.87. The second-order valence-electron chi connectivity index (χ2n) is 6.58. The molecule has 0 saturated heterocycles. The van der Waals surface area contributed by atoms with Crippen LogP contribution in [-0.4, -0.2) is 18.7 Å². The van der Waals surface area contributed by atoms with Crippen LogP contribution < -0.4 is 10.1 Å². The fraction of sp³-hybridized carbons (Fsp3) is 0.667. The fourth-order valence-corrected chi connectivity index (χ4v) is 3.25. The van der Waals surface area contributed by atoms with E-state index in [1.807, 2.05) is 0 Å². The van der Waals surface area contributed by atoms with Gasteiger partial charge in [0.1, 0.15) is 11.9 Å². The molecule has 0 radical (unpaired) electrons. The van der Waals surface area contributed by atoms with Crippen molar-refractivity contribution < 1.29 is 4.74 Å². The first-order chi connectivity index (χ1) is 9.58. The molecule has 1 aromatic carbocycles. The lowest BCUT2D eigenvalue weighted by Gasteiger charge is -2.32. The molecule has 0 aliphatic heterocycles. The van der Waals surface area contributed by atoms with Gasteiger partial charge >= 0.3 is 0 Å². The Kier molecular flexibility index (Phi) is 5.09. The quantitative estimate of drug-likeness (QED) is 0.840. The van der Waals surface area contributed by atoms with Gasteiger partial charge in [-0.1, -0.05) is 45.9 Å². The first-order valence-corrected chi connectivity index (χ1v) is 8.06. The van der Waals surface area contributed by atoms with Crippen molar-refractivity contribution in [3.63, 3.8) is 0 Å². The normalized spacial score (nSPS) is 24.8. The second kappa shape index (κ2) is 6.62. The molecule has 0 bridgehead atoms. The molecule has 112 valence electrons. The molecule has 0 heterocycles. The maximum Gasteiger partial charge on any atom is 0.122 e. The molecule has 1 aliphatic carbocycles. The van der Waals surface area contributed by atoms with Crippen molar-refractivity contribution in [1.82, 2.24) is 5.32 Å². The number of hydrogen-bond donors (Lipinski definition) is 1. The average Bonchev–Trinajstić information content (AvgIpc) is 2.72. The molecule has 1 aliphatic rings. The van der Waals surface area contributed by atoms with E-state index in [1.165, 1.54) is 18.4 Å². The third kappa shape index (κ3) is 3.35. The minimum absolute atomic E-state index is 0.296. The summed E-state index contributed by atoms with van der Waals surface area (Å²) in [7, 11) is 0. The van der Waals surface area contributed by atoms with Crippen LogP contribution in [0.25, 0.3) is 0 Å². The van der Waals surface area contributed by atoms with Crippen molar-refractivity contribution in [3.8, 4) is 5.75 Å². The molecule has 2 nitrogen and oxygen atoms in total. The molecule has 1 fully saturated rings. The molecule has 2 atom stereocenters. The first-order valence-electron chi connectivity index (χ1n) is 8.06. The van der Waals surface area contributed by atoms with Crippen molar-refractivity contribution in [1.29, 1.82) is 0 Å². The molecule has 0 aromatic heterocycles. The van der Waals surface area contributed by atoms with E-state index < -0.39 is 0 Å². The van der Waals surface area contributed by atoms with E-state index in [4.69, 9.17) is 4.74 Å². The van der Waals surface area contributed by atoms with Gasteiger partial charge in [0.25, 0.3) is 0 Å². The van der Waals surface area contributed by atoms with Crippen molar-refractivity contribution in [3.05, 3.63) is 29.8 Å². The molecule has 20 heavy (non-hydrogen) atoms. The third-order valence-electron chi connectivity index (χ3n) is 4.53. The van der Waals surface area contributed by atoms with Crippen LogP contribution in [0.15, 0.2) is 24.3 Å². The van der Waals surface area contributed by atoms with Gasteiger partial charge in [0.05, 0.1) is 0 Å². The van der Waals surface area contributed by atoms with Gasteiger partial charge in [-0.05, 0) is 49.3 Å². The van der Waals surface area contributed by atoms with Gasteiger partial charge < -0.3 is 10.1 Å². The standard InChI is InChI=1S/C18H29NO/c1-5-13-19-17-16(11-12-18(17,3)4)20-15-10-8-7-9-14(15)6-2/h7-10,16-17,19H,5-6,11-13H2,1-4H3. The Labute approximate surface area is 123 Å². The summed E-state index contributed by atoms with van der Waals surface area (Å²) in [6.07, 6.45) is 4.87. The number of para-hydroxylation sites is 1. The van der Waals surface area contributed by atoms with E-state index >= 15 is 0 Å². The number of hydrogen-bond acceptors (Lipinski definition) is 2. The molecule has 2 rings (SSSR count). The van der Waals surface area contributed by atoms with E-state index in [9.17, 15) is 0 Å². The summed E-state index contributed by atoms with van der Waals surface area (Å²) in [5.41, 5.74) is 1.63. The van der Waals surface area contributed by atoms with Crippen molar-refractivity contribution in [2.45, 2.75) is 65.5 Å². The predicted octanol–water partition coefficient (Wildman–Crippen LogP) is 4.18. The Hall–Kier alpha value is -1.02. The van der Waals surface area contributed by atoms with Crippen LogP contribution in [0.4, 0.5) is 0 Å². The maximum absolute atomic E-state index is 6.38. The zero-order valence-electron chi connectivity index (χ0n) is 13.4. The van der Waals surface area contributed by atoms with Crippen LogP contribution in [0.2, 0.25) is 0 Å². The van der Waals surface area contributed by atoms with Crippen LogP contribution in [0.5, 0.6) is 5.75 Å². The number of nitrogens with one attached hydrogen (secondary N) is 1. The van der Waals surface area contributed by atoms with E-state index in [1.54, 1.807) is 0 Å². The van der Waals surface area contributed by atoms with Crippen LogP contribution in [0.3, 0.4) is 0 Å². The smallest absolute Gasteiger partial charge is 0.122 e. The molecule has 1 aromatic rings. The van der Waals surface area contributed by atoms with E-state index in [0.29, 0.717) is 17.6 Å². The van der Waals surface area contributed by atoms with Crippen LogP contribution in [0, 0.1) is 5.41 Å². The summed E-state index contributed by atoms with van der Waals surface area (Å²) in [5, 5.41) is 3.70. The maximum atomic E-state index is 6.38. The largest absolute Gasteiger partial charge is 0.489 e. The van der Waals surface area contributed by atoms with E-state index in [2.05, 4.69) is 57.3 Å². The van der Waals surface area contributed by atoms with E-state index in [-0.39, 0.29) is 0 Å². The number of benzene rings is 1. The SMILES string of the molecule is CCCNC1C(Oc2ccccc2CC)CCC1(C)C. The zero-order valence-corrected chi connectivity index (χ0v) is 13.4. The Bertz CT molecular complexity index is 427. The molecule has 1 saturated carbocycles. The van der Waals surface area contributed by atoms with Gasteiger partial charge in [-0.3, -0.25) is 0 Å². The van der Waals surface area contributed by atoms with Crippen LogP contribution in [0.1, 0.15) is 52.5 Å². The van der Waals surface area contributed by atoms with E-state index in [0.717, 1.165) is 25.1 Å². The lowest BCUT2D eigenvalue weighted by Crippen LogP contribution is -2.47. The van der Waals surface area contributed by atoms with Crippen molar-refractivity contribution >= 4 is 0 Å². The summed E-state index contributed by atoms with van der Waals surface area (Å²) < 4.78 is 6.38. The van der Waals surface area contributed by atoms with Gasteiger partial charge in [0, 0.05) is 6.04 Å². The molecule has 2 heteroatoms. The highest BCUT2D eigenvalue weighted by Gasteiger charge is 2.43. The Morgan fingerprint density at radius 3 is 2.70 bits per heavy atom. The van der Waals surface area contributed by atoms with Gasteiger partial charge in [0.2, 0.25) is 0 Å². The first kappa shape index (κ1) is 15.4. The number of aryl methyl sites for hydroxylation is 1. The minimum atomic E-state index is 0.296. The second-order valence-corrected chi connectivity index (χ2v) is 6.58. The highest BCUT2D eigenvalue weighted by Crippen LogP contribution is 2.39. The topological polar surface area (TPSA) is 21.3 Å². The molecule has 0 amide bonds. The number of rotatable bonds is 6. The summed E-state index contributed by atoms with van der Waals surface area (Å²) >= 11 is 0. The third-order valence-corrected chi connectivity index (χ3v) is 4.53. The highest BCUT2D eigenvalue weighted by atomic mass is 16.5. The summed E-state index contributed by atoms with van der Waals surface area (Å²) in [6.45, 7) is 10.2. The number of ether oxygens (including phenoxy) is 1. The van der Waals surface area contributed by atoms with Gasteiger partial charge in [-0.2, -0.15) is 0 Å². The van der Waals surface area contributed by atoms with Crippen LogP contribution in [-0.2, 0) is 6.42 Å². The molecule has 0 spiro atoms. The Morgan fingerprint density at radius 2 is 2.00 bits per heavy atom. The summed E-state index contributed by atoms with van der Waals surface area (Å²) in [4.78, 5) is 0. The van der Waals surface area contributed by atoms with Gasteiger partial charge in [0.15, 0.2) is 0 Å². The van der Waals surface area contributed by atoms with Gasteiger partial charge in [-0.15, -0.1) is 0 Å². The molecular formula is C18H29NO. The average molecular weight is 275 g/mol.